The van der Waals surface area contributed by atoms with Gasteiger partial charge in [-0.3, -0.25) is 0 Å². The Morgan fingerprint density at radius 1 is 1.33 bits per heavy atom. The summed E-state index contributed by atoms with van der Waals surface area (Å²) in [6.07, 6.45) is 0. The van der Waals surface area contributed by atoms with E-state index >= 15 is 0 Å². The summed E-state index contributed by atoms with van der Waals surface area (Å²) in [7, 11) is -1.39. The highest BCUT2D eigenvalue weighted by Crippen LogP contribution is 2.29. The average molecular weight is 184 g/mol. The van der Waals surface area contributed by atoms with Gasteiger partial charge in [0.2, 0.25) is 8.38 Å². The largest absolute Gasteiger partial charge is 0.346 e. The summed E-state index contributed by atoms with van der Waals surface area (Å²) in [5.74, 6) is 0. The fourth-order valence-corrected chi connectivity index (χ4v) is 1.67. The van der Waals surface area contributed by atoms with Crippen molar-refractivity contribution in [3.63, 3.8) is 0 Å². The molecule has 0 fully saturated rings. The molecule has 0 radical (unpaired) electrons. The van der Waals surface area contributed by atoms with Crippen LogP contribution in [0.4, 0.5) is 0 Å². The van der Waals surface area contributed by atoms with Gasteiger partial charge in [0.1, 0.15) is 0 Å². The fourth-order valence-electron chi connectivity index (χ4n) is 0.869. The normalized spacial score (nSPS) is 12.9. The van der Waals surface area contributed by atoms with Crippen LogP contribution < -0.4 is 5.30 Å². The van der Waals surface area contributed by atoms with Crippen molar-refractivity contribution in [1.82, 2.24) is 0 Å². The van der Waals surface area contributed by atoms with Crippen LogP contribution in [0.25, 0.3) is 0 Å². The van der Waals surface area contributed by atoms with Crippen LogP contribution in [0.3, 0.4) is 0 Å². The third-order valence-corrected chi connectivity index (χ3v) is 2.75. The quantitative estimate of drug-likeness (QED) is 0.727. The second kappa shape index (κ2) is 4.56. The highest BCUT2D eigenvalue weighted by Gasteiger charge is 2.06. The number of benzene rings is 1. The van der Waals surface area contributed by atoms with E-state index in [2.05, 4.69) is 0 Å². The van der Waals surface area contributed by atoms with Crippen LogP contribution in [0, 0.1) is 6.92 Å². The van der Waals surface area contributed by atoms with Gasteiger partial charge in [-0.1, -0.05) is 17.7 Å². The standard InChI is InChI=1S/C9H13O2P/c1-3-11-12(10)9-6-4-8(2)5-7-9/h4-7,10H,3H2,1-2H3. The van der Waals surface area contributed by atoms with Crippen LogP contribution >= 0.6 is 8.38 Å². The SMILES string of the molecule is CCOP(O)c1ccc(C)cc1. The molecule has 1 rings (SSSR count). The Labute approximate surface area is 74.1 Å². The van der Waals surface area contributed by atoms with E-state index in [1.807, 2.05) is 38.1 Å². The van der Waals surface area contributed by atoms with Crippen LogP contribution in [0.5, 0.6) is 0 Å². The van der Waals surface area contributed by atoms with E-state index in [0.717, 1.165) is 5.30 Å². The molecule has 0 saturated heterocycles. The molecule has 1 aromatic carbocycles. The summed E-state index contributed by atoms with van der Waals surface area (Å²) in [6.45, 7) is 4.44. The summed E-state index contributed by atoms with van der Waals surface area (Å²) >= 11 is 0. The van der Waals surface area contributed by atoms with E-state index < -0.39 is 8.38 Å². The Morgan fingerprint density at radius 3 is 2.42 bits per heavy atom. The van der Waals surface area contributed by atoms with Gasteiger partial charge in [0.15, 0.2) is 0 Å². The zero-order chi connectivity index (χ0) is 8.97. The Morgan fingerprint density at radius 2 is 1.92 bits per heavy atom. The molecule has 0 saturated carbocycles. The van der Waals surface area contributed by atoms with Gasteiger partial charge in [0, 0.05) is 5.30 Å². The highest BCUT2D eigenvalue weighted by atomic mass is 31.2. The van der Waals surface area contributed by atoms with E-state index in [0.29, 0.717) is 6.61 Å². The second-order valence-electron chi connectivity index (χ2n) is 2.53. The molecule has 2 nitrogen and oxygen atoms in total. The van der Waals surface area contributed by atoms with Crippen molar-refractivity contribution >= 4 is 13.7 Å². The van der Waals surface area contributed by atoms with Gasteiger partial charge < -0.3 is 9.42 Å². The highest BCUT2D eigenvalue weighted by molar-refractivity contribution is 7.55. The van der Waals surface area contributed by atoms with Crippen molar-refractivity contribution in [1.29, 1.82) is 0 Å². The zero-order valence-corrected chi connectivity index (χ0v) is 8.21. The Kier molecular flexibility index (Phi) is 3.67. The van der Waals surface area contributed by atoms with E-state index in [-0.39, 0.29) is 0 Å². The summed E-state index contributed by atoms with van der Waals surface area (Å²) in [6, 6.07) is 7.74. The molecule has 0 spiro atoms. The lowest BCUT2D eigenvalue weighted by atomic mass is 10.2. The molecular weight excluding hydrogens is 171 g/mol. The van der Waals surface area contributed by atoms with Crippen molar-refractivity contribution < 1.29 is 9.42 Å². The summed E-state index contributed by atoms with van der Waals surface area (Å²) < 4.78 is 5.09. The van der Waals surface area contributed by atoms with E-state index in [9.17, 15) is 4.89 Å². The summed E-state index contributed by atoms with van der Waals surface area (Å²) in [5, 5.41) is 0.873. The van der Waals surface area contributed by atoms with Gasteiger partial charge in [0.05, 0.1) is 6.61 Å². The maximum Gasteiger partial charge on any atom is 0.202 e. The Hall–Kier alpha value is -0.430. The lowest BCUT2D eigenvalue weighted by Crippen LogP contribution is -2.01. The molecule has 0 aromatic heterocycles. The molecule has 1 aromatic rings. The lowest BCUT2D eigenvalue weighted by Gasteiger charge is -2.08. The van der Waals surface area contributed by atoms with Crippen LogP contribution in [0.15, 0.2) is 24.3 Å². The molecule has 1 atom stereocenters. The predicted molar refractivity (Wildman–Crippen MR) is 51.6 cm³/mol. The van der Waals surface area contributed by atoms with Gasteiger partial charge in [-0.15, -0.1) is 0 Å². The molecular formula is C9H13O2P. The van der Waals surface area contributed by atoms with Crippen LogP contribution in [-0.4, -0.2) is 11.5 Å². The van der Waals surface area contributed by atoms with Crippen LogP contribution in [0.2, 0.25) is 0 Å². The number of aryl methyl sites for hydroxylation is 1. The van der Waals surface area contributed by atoms with Crippen molar-refractivity contribution in [2.45, 2.75) is 13.8 Å². The molecule has 0 bridgehead atoms. The zero-order valence-electron chi connectivity index (χ0n) is 7.32. The van der Waals surface area contributed by atoms with Gasteiger partial charge in [-0.2, -0.15) is 0 Å². The lowest BCUT2D eigenvalue weighted by molar-refractivity contribution is 0.337. The van der Waals surface area contributed by atoms with E-state index in [4.69, 9.17) is 4.52 Å². The average Bonchev–Trinajstić information content (AvgIpc) is 2.06. The first-order valence-electron chi connectivity index (χ1n) is 3.92. The summed E-state index contributed by atoms with van der Waals surface area (Å²) in [5.41, 5.74) is 1.19. The molecule has 1 unspecified atom stereocenters. The minimum absolute atomic E-state index is 0.552. The Bertz CT molecular complexity index is 233. The third-order valence-electron chi connectivity index (χ3n) is 1.51. The molecule has 0 aliphatic rings. The molecule has 0 aliphatic carbocycles. The van der Waals surface area contributed by atoms with Crippen LogP contribution in [0.1, 0.15) is 12.5 Å². The molecule has 1 N–H and O–H groups in total. The van der Waals surface area contributed by atoms with Gasteiger partial charge in [-0.05, 0) is 26.0 Å². The van der Waals surface area contributed by atoms with Crippen molar-refractivity contribution in [2.75, 3.05) is 6.61 Å². The fraction of sp³-hybridized carbons (Fsp3) is 0.333. The van der Waals surface area contributed by atoms with E-state index in [1.165, 1.54) is 5.56 Å². The first kappa shape index (κ1) is 9.66. The minimum atomic E-state index is -1.39. The predicted octanol–water partition coefficient (Wildman–Crippen LogP) is 1.96. The van der Waals surface area contributed by atoms with Gasteiger partial charge in [-0.25, -0.2) is 0 Å². The molecule has 0 amide bonds. The van der Waals surface area contributed by atoms with Crippen LogP contribution in [-0.2, 0) is 4.52 Å². The maximum absolute atomic E-state index is 9.45. The molecule has 0 aliphatic heterocycles. The van der Waals surface area contributed by atoms with Gasteiger partial charge >= 0.3 is 0 Å². The summed E-state index contributed by atoms with van der Waals surface area (Å²) in [4.78, 5) is 9.45. The van der Waals surface area contributed by atoms with Gasteiger partial charge in [0.25, 0.3) is 0 Å². The molecule has 66 valence electrons. The number of hydrogen-bond donors (Lipinski definition) is 1. The Balaban J connectivity index is 2.68. The minimum Gasteiger partial charge on any atom is -0.346 e. The smallest absolute Gasteiger partial charge is 0.202 e. The number of hydrogen-bond acceptors (Lipinski definition) is 2. The topological polar surface area (TPSA) is 29.5 Å². The first-order chi connectivity index (χ1) is 5.74. The molecule has 3 heteroatoms. The van der Waals surface area contributed by atoms with E-state index in [1.54, 1.807) is 0 Å². The monoisotopic (exact) mass is 184 g/mol. The van der Waals surface area contributed by atoms with Crippen molar-refractivity contribution in [3.05, 3.63) is 29.8 Å². The molecule has 0 heterocycles. The van der Waals surface area contributed by atoms with Crippen molar-refractivity contribution in [3.8, 4) is 0 Å². The molecule has 12 heavy (non-hydrogen) atoms. The first-order valence-corrected chi connectivity index (χ1v) is 5.14. The second-order valence-corrected chi connectivity index (χ2v) is 3.85. The maximum atomic E-state index is 9.45. The number of rotatable bonds is 3. The third kappa shape index (κ3) is 2.56. The van der Waals surface area contributed by atoms with Crippen molar-refractivity contribution in [2.24, 2.45) is 0 Å².